The van der Waals surface area contributed by atoms with Crippen LogP contribution in [0, 0.1) is 0 Å². The zero-order valence-electron chi connectivity index (χ0n) is 41.3. The molecule has 0 aliphatic rings. The van der Waals surface area contributed by atoms with E-state index in [-0.39, 0.29) is 30.7 Å². The largest absolute Gasteiger partial charge is 0.463 e. The summed E-state index contributed by atoms with van der Waals surface area (Å²) >= 11 is 0. The van der Waals surface area contributed by atoms with E-state index < -0.39 is 6.10 Å². The van der Waals surface area contributed by atoms with Crippen molar-refractivity contribution in [2.75, 3.05) is 13.2 Å². The lowest BCUT2D eigenvalue weighted by molar-refractivity contribution is -0.147. The maximum Gasteiger partial charge on any atom is 0.305 e. The molecule has 1 atom stereocenters. The number of carbonyl (C=O) groups is 3. The van der Waals surface area contributed by atoms with E-state index in [1.807, 2.05) is 0 Å². The first kappa shape index (κ1) is 61.6. The zero-order chi connectivity index (χ0) is 45.0. The van der Waals surface area contributed by atoms with Gasteiger partial charge in [0.1, 0.15) is 12.7 Å². The Morgan fingerprint density at radius 3 is 0.902 bits per heavy atom. The van der Waals surface area contributed by atoms with E-state index in [2.05, 4.69) is 32.9 Å². The smallest absolute Gasteiger partial charge is 0.305 e. The molecule has 0 bridgehead atoms. The number of Topliss-reactive ketones (excluding diaryl/α,β-unsaturated/α-hetero) is 2. The average Bonchev–Trinajstić information content (AvgIpc) is 3.27. The number of esters is 1. The fraction of sp³-hybridized carbons (Fsp3) is 0.909. The lowest BCUT2D eigenvalue weighted by Gasteiger charge is -2.08. The minimum absolute atomic E-state index is 0.103. The molecule has 0 heterocycles. The number of carbonyl (C=O) groups excluding carboxylic acids is 3. The van der Waals surface area contributed by atoms with Crippen molar-refractivity contribution in [2.45, 2.75) is 309 Å². The molecule has 0 saturated carbocycles. The van der Waals surface area contributed by atoms with Crippen LogP contribution >= 0.6 is 0 Å². The molecule has 0 aliphatic carbocycles. The molecule has 0 radical (unpaired) electrons. The molecule has 2 N–H and O–H groups in total. The van der Waals surface area contributed by atoms with Crippen LogP contribution in [0.15, 0.2) is 12.2 Å². The molecule has 0 saturated heterocycles. The lowest BCUT2D eigenvalue weighted by Crippen LogP contribution is -2.21. The van der Waals surface area contributed by atoms with Crippen molar-refractivity contribution < 1.29 is 29.3 Å². The minimum atomic E-state index is -0.954. The van der Waals surface area contributed by atoms with Gasteiger partial charge in [0.05, 0.1) is 6.61 Å². The van der Waals surface area contributed by atoms with E-state index in [4.69, 9.17) is 14.9 Å². The van der Waals surface area contributed by atoms with Crippen molar-refractivity contribution in [2.24, 2.45) is 0 Å². The van der Waals surface area contributed by atoms with Gasteiger partial charge in [-0.2, -0.15) is 0 Å². The Hall–Kier alpha value is -1.53. The summed E-state index contributed by atoms with van der Waals surface area (Å²) in [5.74, 6) is -0.512. The highest BCUT2D eigenvalue weighted by Gasteiger charge is 2.12. The van der Waals surface area contributed by atoms with Crippen LogP contribution in [0.1, 0.15) is 303 Å². The highest BCUT2D eigenvalue weighted by Crippen LogP contribution is 2.16. The molecule has 362 valence electrons. The first-order chi connectivity index (χ1) is 29.9. The summed E-state index contributed by atoms with van der Waals surface area (Å²) in [4.78, 5) is 35.5. The van der Waals surface area contributed by atoms with Gasteiger partial charge in [0.2, 0.25) is 0 Å². The lowest BCUT2D eigenvalue weighted by atomic mass is 10.0. The van der Waals surface area contributed by atoms with Crippen LogP contribution in [0.4, 0.5) is 0 Å². The summed E-state index contributed by atoms with van der Waals surface area (Å²) in [5, 5.41) is 17.7. The third-order valence-electron chi connectivity index (χ3n) is 12.1. The second kappa shape index (κ2) is 54.6. The maximum atomic E-state index is 12.1. The number of aliphatic hydroxyl groups is 2. The predicted octanol–water partition coefficient (Wildman–Crippen LogP) is 16.8. The van der Waals surface area contributed by atoms with Gasteiger partial charge in [-0.15, -0.1) is 0 Å². The second-order valence-corrected chi connectivity index (χ2v) is 18.4. The van der Waals surface area contributed by atoms with Crippen LogP contribution < -0.4 is 0 Å². The number of rotatable bonds is 49. The van der Waals surface area contributed by atoms with E-state index in [0.29, 0.717) is 19.3 Å². The highest BCUT2D eigenvalue weighted by atomic mass is 16.5. The first-order valence-corrected chi connectivity index (χ1v) is 27.1. The topological polar surface area (TPSA) is 101 Å². The van der Waals surface area contributed by atoms with E-state index in [1.54, 1.807) is 0 Å². The molecular formula is C55H106O6. The molecule has 61 heavy (non-hydrogen) atoms. The zero-order valence-corrected chi connectivity index (χ0v) is 41.3. The summed E-state index contributed by atoms with van der Waals surface area (Å²) < 4.78 is 4.86. The average molecular weight is 863 g/mol. The van der Waals surface area contributed by atoms with Gasteiger partial charge in [-0.25, -0.2) is 0 Å². The number of allylic oxidation sites excluding steroid dienone is 2. The van der Waals surface area contributed by atoms with Crippen LogP contribution in [0.5, 0.6) is 0 Å². The molecular weight excluding hydrogens is 757 g/mol. The quantitative estimate of drug-likeness (QED) is 0.0273. The number of ether oxygens (including phenoxy) is 1. The number of hydrogen-bond donors (Lipinski definition) is 2. The summed E-state index contributed by atoms with van der Waals surface area (Å²) in [6, 6.07) is 0. The van der Waals surface area contributed by atoms with Gasteiger partial charge in [0.15, 0.2) is 11.6 Å². The van der Waals surface area contributed by atoms with Gasteiger partial charge in [0, 0.05) is 19.3 Å². The molecule has 0 rings (SSSR count). The van der Waals surface area contributed by atoms with Crippen molar-refractivity contribution in [1.29, 1.82) is 0 Å². The molecule has 0 amide bonds. The van der Waals surface area contributed by atoms with E-state index in [9.17, 15) is 14.4 Å². The molecule has 0 aromatic carbocycles. The SMILES string of the molecule is CCCCCCCC/C=C\CCCCCCCC(=O)C(=O)CCCCCCCCCCCCCCC.CCCCCCCCCCCCCCCCCC(=O)OCC(O)CO. The van der Waals surface area contributed by atoms with Crippen molar-refractivity contribution in [1.82, 2.24) is 0 Å². The van der Waals surface area contributed by atoms with E-state index in [1.165, 1.54) is 225 Å². The van der Waals surface area contributed by atoms with Gasteiger partial charge >= 0.3 is 5.97 Å². The fourth-order valence-corrected chi connectivity index (χ4v) is 7.89. The monoisotopic (exact) mass is 863 g/mol. The molecule has 0 aliphatic heterocycles. The van der Waals surface area contributed by atoms with Crippen LogP contribution in [-0.4, -0.2) is 47.1 Å². The summed E-state index contributed by atoms with van der Waals surface area (Å²) in [6.07, 6.45) is 57.9. The number of hydrogen-bond acceptors (Lipinski definition) is 6. The second-order valence-electron chi connectivity index (χ2n) is 18.4. The van der Waals surface area contributed by atoms with Gasteiger partial charge in [-0.3, -0.25) is 14.4 Å². The molecule has 0 spiro atoms. The fourth-order valence-electron chi connectivity index (χ4n) is 7.89. The molecule has 0 fully saturated rings. The third kappa shape index (κ3) is 54.5. The molecule has 0 aromatic rings. The van der Waals surface area contributed by atoms with Gasteiger partial charge in [0.25, 0.3) is 0 Å². The minimum Gasteiger partial charge on any atom is -0.463 e. The van der Waals surface area contributed by atoms with Crippen molar-refractivity contribution in [3.8, 4) is 0 Å². The number of unbranched alkanes of at least 4 members (excludes halogenated alkanes) is 37. The molecule has 6 heteroatoms. The third-order valence-corrected chi connectivity index (χ3v) is 12.1. The van der Waals surface area contributed by atoms with Crippen molar-refractivity contribution >= 4 is 17.5 Å². The van der Waals surface area contributed by atoms with Crippen molar-refractivity contribution in [3.05, 3.63) is 12.2 Å². The molecule has 6 nitrogen and oxygen atoms in total. The maximum absolute atomic E-state index is 12.1. The van der Waals surface area contributed by atoms with E-state index >= 15 is 0 Å². The van der Waals surface area contributed by atoms with Crippen LogP contribution in [-0.2, 0) is 19.1 Å². The Bertz CT molecular complexity index is 916. The van der Waals surface area contributed by atoms with Crippen LogP contribution in [0.3, 0.4) is 0 Å². The van der Waals surface area contributed by atoms with E-state index in [0.717, 1.165) is 38.5 Å². The Kier molecular flexibility index (Phi) is 55.1. The van der Waals surface area contributed by atoms with Gasteiger partial charge in [-0.1, -0.05) is 251 Å². The van der Waals surface area contributed by atoms with Crippen molar-refractivity contribution in [3.63, 3.8) is 0 Å². The van der Waals surface area contributed by atoms with Crippen LogP contribution in [0.25, 0.3) is 0 Å². The molecule has 0 aromatic heterocycles. The Balaban J connectivity index is 0. The van der Waals surface area contributed by atoms with Crippen LogP contribution in [0.2, 0.25) is 0 Å². The normalized spacial score (nSPS) is 11.8. The summed E-state index contributed by atoms with van der Waals surface area (Å²) in [7, 11) is 0. The molecule has 1 unspecified atom stereocenters. The number of ketones is 2. The standard InChI is InChI=1S/C34H64O2.C21H42O4/c1-3-5-7-9-11-13-15-17-18-20-22-24-26-28-30-32-34(36)33(35)31-29-27-25-23-21-19-16-14-12-10-8-6-4-2;1-2-3-4-5-6-7-8-9-10-11-12-13-14-15-16-17-21(24)25-19-20(23)18-22/h17-18H,3-16,19-32H2,1-2H3;20,22-23H,2-19H2,1H3/b18-17-;. The predicted molar refractivity (Wildman–Crippen MR) is 263 cm³/mol. The first-order valence-electron chi connectivity index (χ1n) is 27.1. The summed E-state index contributed by atoms with van der Waals surface area (Å²) in [6.45, 7) is 6.33. The van der Waals surface area contributed by atoms with Gasteiger partial charge in [-0.05, 0) is 44.9 Å². The van der Waals surface area contributed by atoms with Gasteiger partial charge < -0.3 is 14.9 Å². The summed E-state index contributed by atoms with van der Waals surface area (Å²) in [5.41, 5.74) is 0. The Morgan fingerprint density at radius 2 is 0.623 bits per heavy atom. The Morgan fingerprint density at radius 1 is 0.377 bits per heavy atom. The number of aliphatic hydroxyl groups excluding tert-OH is 2. The Labute approximate surface area is 380 Å². The highest BCUT2D eigenvalue weighted by molar-refractivity contribution is 6.37.